The average molecular weight is 435 g/mol. The Morgan fingerprint density at radius 1 is 1.00 bits per heavy atom. The van der Waals surface area contributed by atoms with Crippen LogP contribution in [0.15, 0.2) is 59.0 Å². The highest BCUT2D eigenvalue weighted by atomic mass is 16.5. The third-order valence-electron chi connectivity index (χ3n) is 5.59. The number of nitrogens with zero attached hydrogens (tertiary/aromatic N) is 4. The van der Waals surface area contributed by atoms with E-state index in [0.29, 0.717) is 24.9 Å². The van der Waals surface area contributed by atoms with Crippen molar-refractivity contribution in [2.24, 2.45) is 0 Å². The molecule has 0 aliphatic carbocycles. The zero-order valence-corrected chi connectivity index (χ0v) is 18.6. The van der Waals surface area contributed by atoms with Crippen LogP contribution in [0.2, 0.25) is 0 Å². The second kappa shape index (κ2) is 10.9. The van der Waals surface area contributed by atoms with Gasteiger partial charge < -0.3 is 14.1 Å². The van der Waals surface area contributed by atoms with Gasteiger partial charge in [-0.1, -0.05) is 31.5 Å². The second-order valence-electron chi connectivity index (χ2n) is 8.02. The van der Waals surface area contributed by atoms with Crippen LogP contribution < -0.4 is 4.74 Å². The maximum absolute atomic E-state index is 12.7. The highest BCUT2D eigenvalue weighted by molar-refractivity contribution is 5.94. The second-order valence-corrected chi connectivity index (χ2v) is 8.02. The SMILES string of the molecule is CCCCOc1ccc(-c2nnc(CN3CCCN(C(=O)c4ccccc4)CC3)o2)cc1. The number of carbonyl (C=O) groups excluding carboxylic acids is 1. The summed E-state index contributed by atoms with van der Waals surface area (Å²) in [4.78, 5) is 16.9. The Kier molecular flexibility index (Phi) is 7.51. The quantitative estimate of drug-likeness (QED) is 0.493. The molecule has 0 saturated carbocycles. The molecule has 4 rings (SSSR count). The summed E-state index contributed by atoms with van der Waals surface area (Å²) in [5.74, 6) is 2.04. The van der Waals surface area contributed by atoms with E-state index >= 15 is 0 Å². The van der Waals surface area contributed by atoms with Crippen LogP contribution >= 0.6 is 0 Å². The van der Waals surface area contributed by atoms with Gasteiger partial charge in [-0.3, -0.25) is 9.69 Å². The first-order valence-corrected chi connectivity index (χ1v) is 11.3. The van der Waals surface area contributed by atoms with Crippen LogP contribution in [-0.2, 0) is 6.54 Å². The van der Waals surface area contributed by atoms with Gasteiger partial charge in [0.2, 0.25) is 11.8 Å². The van der Waals surface area contributed by atoms with E-state index in [1.165, 1.54) is 0 Å². The molecule has 0 bridgehead atoms. The molecule has 1 aliphatic rings. The topological polar surface area (TPSA) is 71.7 Å². The Morgan fingerprint density at radius 2 is 1.81 bits per heavy atom. The van der Waals surface area contributed by atoms with Gasteiger partial charge in [0.1, 0.15) is 5.75 Å². The predicted molar refractivity (Wildman–Crippen MR) is 122 cm³/mol. The number of hydrogen-bond acceptors (Lipinski definition) is 6. The number of aromatic nitrogens is 2. The number of hydrogen-bond donors (Lipinski definition) is 0. The van der Waals surface area contributed by atoms with E-state index in [9.17, 15) is 4.79 Å². The molecule has 2 aromatic carbocycles. The summed E-state index contributed by atoms with van der Waals surface area (Å²) < 4.78 is 11.6. The summed E-state index contributed by atoms with van der Waals surface area (Å²) >= 11 is 0. The van der Waals surface area contributed by atoms with Crippen LogP contribution in [0.25, 0.3) is 11.5 Å². The van der Waals surface area contributed by atoms with Gasteiger partial charge in [0, 0.05) is 37.3 Å². The summed E-state index contributed by atoms with van der Waals surface area (Å²) in [6.07, 6.45) is 3.07. The van der Waals surface area contributed by atoms with Gasteiger partial charge in [-0.2, -0.15) is 0 Å². The molecule has 0 N–H and O–H groups in total. The van der Waals surface area contributed by atoms with Crippen LogP contribution in [0.1, 0.15) is 42.4 Å². The maximum atomic E-state index is 12.7. The molecule has 1 aromatic heterocycles. The Bertz CT molecular complexity index is 988. The van der Waals surface area contributed by atoms with Crippen LogP contribution in [0.3, 0.4) is 0 Å². The summed E-state index contributed by atoms with van der Waals surface area (Å²) in [5, 5.41) is 8.45. The van der Waals surface area contributed by atoms with Crippen molar-refractivity contribution >= 4 is 5.91 Å². The van der Waals surface area contributed by atoms with E-state index in [1.807, 2.05) is 59.5 Å². The molecule has 2 heterocycles. The number of unbranched alkanes of at least 4 members (excludes halogenated alkanes) is 1. The first-order valence-electron chi connectivity index (χ1n) is 11.3. The lowest BCUT2D eigenvalue weighted by atomic mass is 10.2. The van der Waals surface area contributed by atoms with Crippen LogP contribution in [-0.4, -0.2) is 58.7 Å². The lowest BCUT2D eigenvalue weighted by Gasteiger charge is -2.21. The fraction of sp³-hybridized carbons (Fsp3) is 0.400. The molecule has 168 valence electrons. The van der Waals surface area contributed by atoms with E-state index in [1.54, 1.807) is 0 Å². The molecule has 0 spiro atoms. The van der Waals surface area contributed by atoms with E-state index in [4.69, 9.17) is 9.15 Å². The van der Waals surface area contributed by atoms with Crippen molar-refractivity contribution in [1.82, 2.24) is 20.0 Å². The molecular formula is C25H30N4O3. The van der Waals surface area contributed by atoms with Crippen molar-refractivity contribution in [2.45, 2.75) is 32.7 Å². The zero-order chi connectivity index (χ0) is 22.2. The lowest BCUT2D eigenvalue weighted by molar-refractivity contribution is 0.0760. The monoisotopic (exact) mass is 434 g/mol. The Morgan fingerprint density at radius 3 is 2.59 bits per heavy atom. The zero-order valence-electron chi connectivity index (χ0n) is 18.6. The highest BCUT2D eigenvalue weighted by Crippen LogP contribution is 2.22. The van der Waals surface area contributed by atoms with Crippen LogP contribution in [0, 0.1) is 0 Å². The van der Waals surface area contributed by atoms with Crippen molar-refractivity contribution in [3.05, 3.63) is 66.1 Å². The lowest BCUT2D eigenvalue weighted by Crippen LogP contribution is -2.35. The summed E-state index contributed by atoms with van der Waals surface area (Å²) in [6, 6.07) is 17.2. The number of rotatable bonds is 8. The highest BCUT2D eigenvalue weighted by Gasteiger charge is 2.21. The van der Waals surface area contributed by atoms with Gasteiger partial charge in [-0.05, 0) is 49.2 Å². The summed E-state index contributed by atoms with van der Waals surface area (Å²) in [7, 11) is 0. The first kappa shape index (κ1) is 22.0. The van der Waals surface area contributed by atoms with E-state index in [2.05, 4.69) is 22.0 Å². The largest absolute Gasteiger partial charge is 0.494 e. The van der Waals surface area contributed by atoms with E-state index in [-0.39, 0.29) is 5.91 Å². The Hall–Kier alpha value is -3.19. The molecule has 0 unspecified atom stereocenters. The number of amides is 1. The molecule has 0 atom stereocenters. The molecule has 3 aromatic rings. The van der Waals surface area contributed by atoms with Gasteiger partial charge >= 0.3 is 0 Å². The van der Waals surface area contributed by atoms with Crippen molar-refractivity contribution in [1.29, 1.82) is 0 Å². The van der Waals surface area contributed by atoms with E-state index in [0.717, 1.165) is 62.4 Å². The molecular weight excluding hydrogens is 404 g/mol. The summed E-state index contributed by atoms with van der Waals surface area (Å²) in [5.41, 5.74) is 1.62. The molecule has 7 heteroatoms. The van der Waals surface area contributed by atoms with Crippen molar-refractivity contribution < 1.29 is 13.9 Å². The van der Waals surface area contributed by atoms with E-state index < -0.39 is 0 Å². The Balaban J connectivity index is 1.31. The smallest absolute Gasteiger partial charge is 0.253 e. The van der Waals surface area contributed by atoms with Crippen molar-refractivity contribution in [3.8, 4) is 17.2 Å². The van der Waals surface area contributed by atoms with Crippen LogP contribution in [0.4, 0.5) is 0 Å². The van der Waals surface area contributed by atoms with Crippen molar-refractivity contribution in [2.75, 3.05) is 32.8 Å². The number of benzene rings is 2. The normalized spacial score (nSPS) is 14.8. The van der Waals surface area contributed by atoms with Gasteiger partial charge in [0.05, 0.1) is 13.2 Å². The van der Waals surface area contributed by atoms with Crippen molar-refractivity contribution in [3.63, 3.8) is 0 Å². The molecule has 1 saturated heterocycles. The van der Waals surface area contributed by atoms with Gasteiger partial charge in [0.15, 0.2) is 0 Å². The predicted octanol–water partition coefficient (Wildman–Crippen LogP) is 4.26. The molecule has 7 nitrogen and oxygen atoms in total. The van der Waals surface area contributed by atoms with Gasteiger partial charge in [-0.25, -0.2) is 0 Å². The standard InChI is InChI=1S/C25H30N4O3/c1-2-3-18-31-22-12-10-20(11-13-22)24-27-26-23(32-24)19-28-14-7-15-29(17-16-28)25(30)21-8-5-4-6-9-21/h4-6,8-13H,2-3,7,14-19H2,1H3. The first-order chi connectivity index (χ1) is 15.7. The average Bonchev–Trinajstić information content (AvgIpc) is 3.17. The third-order valence-corrected chi connectivity index (χ3v) is 5.59. The molecule has 1 aliphatic heterocycles. The fourth-order valence-electron chi connectivity index (χ4n) is 3.75. The third kappa shape index (κ3) is 5.73. The Labute approximate surface area is 189 Å². The minimum absolute atomic E-state index is 0.0923. The fourth-order valence-corrected chi connectivity index (χ4v) is 3.75. The maximum Gasteiger partial charge on any atom is 0.253 e. The van der Waals surface area contributed by atoms with Crippen LogP contribution in [0.5, 0.6) is 5.75 Å². The summed E-state index contributed by atoms with van der Waals surface area (Å²) in [6.45, 7) is 6.56. The number of ether oxygens (including phenoxy) is 1. The molecule has 1 amide bonds. The minimum atomic E-state index is 0.0923. The molecule has 32 heavy (non-hydrogen) atoms. The van der Waals surface area contributed by atoms with Gasteiger partial charge in [0.25, 0.3) is 5.91 Å². The minimum Gasteiger partial charge on any atom is -0.494 e. The molecule has 0 radical (unpaired) electrons. The number of carbonyl (C=O) groups is 1. The molecule has 1 fully saturated rings. The van der Waals surface area contributed by atoms with Gasteiger partial charge in [-0.15, -0.1) is 10.2 Å².